The Kier molecular flexibility index (Phi) is 6.96. The molecule has 0 spiro atoms. The van der Waals surface area contributed by atoms with Gasteiger partial charge in [0.2, 0.25) is 5.91 Å². The van der Waals surface area contributed by atoms with Crippen molar-refractivity contribution in [3.63, 3.8) is 0 Å². The molecule has 0 fully saturated rings. The van der Waals surface area contributed by atoms with Gasteiger partial charge in [-0.2, -0.15) is 0 Å². The number of Topliss-reactive ketones (excluding diaryl/α,β-unsaturated/α-hetero) is 1. The van der Waals surface area contributed by atoms with Crippen molar-refractivity contribution < 1.29 is 14.3 Å². The van der Waals surface area contributed by atoms with Gasteiger partial charge in [-0.15, -0.1) is 0 Å². The molecular weight excluding hydrogens is 326 g/mol. The Morgan fingerprint density at radius 1 is 0.962 bits per heavy atom. The second-order valence-electron chi connectivity index (χ2n) is 6.66. The number of carbonyl (C=O) groups is 2. The molecule has 1 amide bonds. The van der Waals surface area contributed by atoms with E-state index in [1.807, 2.05) is 51.1 Å². The SMILES string of the molecule is COc1ccc(C)cc1CCNC(=O)CCC(=O)c1cc(C)ccc1C. The molecule has 0 atom stereocenters. The Labute approximate surface area is 155 Å². The Bertz CT molecular complexity index is 796. The molecule has 2 aromatic carbocycles. The fraction of sp³-hybridized carbons (Fsp3) is 0.364. The zero-order valence-electron chi connectivity index (χ0n) is 16.0. The Morgan fingerprint density at radius 3 is 2.38 bits per heavy atom. The van der Waals surface area contributed by atoms with Crippen molar-refractivity contribution in [2.24, 2.45) is 0 Å². The van der Waals surface area contributed by atoms with Crippen LogP contribution < -0.4 is 10.1 Å². The molecule has 0 aliphatic heterocycles. The molecule has 138 valence electrons. The lowest BCUT2D eigenvalue weighted by Crippen LogP contribution is -2.26. The summed E-state index contributed by atoms with van der Waals surface area (Å²) in [5, 5.41) is 2.89. The summed E-state index contributed by atoms with van der Waals surface area (Å²) >= 11 is 0. The molecule has 4 heteroatoms. The van der Waals surface area contributed by atoms with Crippen LogP contribution in [0, 0.1) is 20.8 Å². The van der Waals surface area contributed by atoms with Crippen molar-refractivity contribution in [3.8, 4) is 5.75 Å². The minimum absolute atomic E-state index is 0.0155. The van der Waals surface area contributed by atoms with Gasteiger partial charge in [-0.05, 0) is 50.5 Å². The van der Waals surface area contributed by atoms with Crippen LogP contribution in [-0.2, 0) is 11.2 Å². The summed E-state index contributed by atoms with van der Waals surface area (Å²) in [4.78, 5) is 24.4. The van der Waals surface area contributed by atoms with Crippen molar-refractivity contribution in [2.75, 3.05) is 13.7 Å². The lowest BCUT2D eigenvalue weighted by Gasteiger charge is -2.10. The summed E-state index contributed by atoms with van der Waals surface area (Å²) in [5.41, 5.74) is 4.94. The number of methoxy groups -OCH3 is 1. The van der Waals surface area contributed by atoms with Crippen LogP contribution in [0.1, 0.15) is 45.5 Å². The van der Waals surface area contributed by atoms with Crippen molar-refractivity contribution in [2.45, 2.75) is 40.0 Å². The molecule has 1 N–H and O–H groups in total. The van der Waals surface area contributed by atoms with Crippen LogP contribution in [-0.4, -0.2) is 25.3 Å². The van der Waals surface area contributed by atoms with E-state index in [9.17, 15) is 9.59 Å². The first-order chi connectivity index (χ1) is 12.4. The molecule has 0 unspecified atom stereocenters. The van der Waals surface area contributed by atoms with E-state index in [2.05, 4.69) is 11.4 Å². The number of hydrogen-bond acceptors (Lipinski definition) is 3. The predicted octanol–water partition coefficient (Wildman–Crippen LogP) is 3.94. The largest absolute Gasteiger partial charge is 0.496 e. The standard InChI is InChI=1S/C22H27NO3/c1-15-6-9-21(26-4)18(13-15)11-12-23-22(25)10-8-20(24)19-14-16(2)5-7-17(19)3/h5-7,9,13-14H,8,10-12H2,1-4H3,(H,23,25). The zero-order valence-corrected chi connectivity index (χ0v) is 16.0. The number of ether oxygens (including phenoxy) is 1. The monoisotopic (exact) mass is 353 g/mol. The maximum absolute atomic E-state index is 12.3. The van der Waals surface area contributed by atoms with Crippen LogP contribution in [0.4, 0.5) is 0 Å². The highest BCUT2D eigenvalue weighted by Gasteiger charge is 2.12. The molecule has 0 aliphatic carbocycles. The third-order valence-corrected chi connectivity index (χ3v) is 4.43. The molecule has 26 heavy (non-hydrogen) atoms. The third-order valence-electron chi connectivity index (χ3n) is 4.43. The lowest BCUT2D eigenvalue weighted by atomic mass is 9.99. The first-order valence-corrected chi connectivity index (χ1v) is 8.91. The lowest BCUT2D eigenvalue weighted by molar-refractivity contribution is -0.121. The predicted molar refractivity (Wildman–Crippen MR) is 104 cm³/mol. The minimum atomic E-state index is -0.102. The van der Waals surface area contributed by atoms with Crippen molar-refractivity contribution in [3.05, 3.63) is 64.2 Å². The van der Waals surface area contributed by atoms with Crippen LogP contribution in [0.25, 0.3) is 0 Å². The average molecular weight is 353 g/mol. The second kappa shape index (κ2) is 9.18. The third kappa shape index (κ3) is 5.45. The quantitative estimate of drug-likeness (QED) is 0.731. The summed E-state index contributed by atoms with van der Waals surface area (Å²) in [7, 11) is 1.64. The van der Waals surface area contributed by atoms with Crippen LogP contribution in [0.5, 0.6) is 5.75 Å². The number of benzene rings is 2. The summed E-state index contributed by atoms with van der Waals surface area (Å²) in [6.45, 7) is 6.43. The van der Waals surface area contributed by atoms with E-state index >= 15 is 0 Å². The molecule has 0 aromatic heterocycles. The van der Waals surface area contributed by atoms with E-state index < -0.39 is 0 Å². The summed E-state index contributed by atoms with van der Waals surface area (Å²) < 4.78 is 5.35. The molecular formula is C22H27NO3. The topological polar surface area (TPSA) is 55.4 Å². The first kappa shape index (κ1) is 19.7. The number of carbonyl (C=O) groups excluding carboxylic acids is 2. The highest BCUT2D eigenvalue weighted by atomic mass is 16.5. The molecule has 2 rings (SSSR count). The zero-order chi connectivity index (χ0) is 19.1. The van der Waals surface area contributed by atoms with Gasteiger partial charge >= 0.3 is 0 Å². The molecule has 0 heterocycles. The summed E-state index contributed by atoms with van der Waals surface area (Å²) in [5.74, 6) is 0.743. The first-order valence-electron chi connectivity index (χ1n) is 8.91. The van der Waals surface area contributed by atoms with E-state index in [1.54, 1.807) is 7.11 Å². The summed E-state index contributed by atoms with van der Waals surface area (Å²) in [6, 6.07) is 11.8. The van der Waals surface area contributed by atoms with Gasteiger partial charge < -0.3 is 10.1 Å². The Morgan fingerprint density at radius 2 is 1.65 bits per heavy atom. The smallest absolute Gasteiger partial charge is 0.220 e. The van der Waals surface area contributed by atoms with Crippen LogP contribution in [0.3, 0.4) is 0 Å². The second-order valence-corrected chi connectivity index (χ2v) is 6.66. The number of ketones is 1. The Balaban J connectivity index is 1.81. The number of aryl methyl sites for hydroxylation is 3. The molecule has 0 aliphatic rings. The molecule has 0 saturated heterocycles. The van der Waals surface area contributed by atoms with Crippen LogP contribution in [0.2, 0.25) is 0 Å². The summed E-state index contributed by atoms with van der Waals surface area (Å²) in [6.07, 6.45) is 1.13. The van der Waals surface area contributed by atoms with Crippen LogP contribution in [0.15, 0.2) is 36.4 Å². The van der Waals surface area contributed by atoms with E-state index in [0.29, 0.717) is 18.5 Å². The van der Waals surface area contributed by atoms with Gasteiger partial charge in [0.15, 0.2) is 5.78 Å². The fourth-order valence-electron chi connectivity index (χ4n) is 2.93. The Hall–Kier alpha value is -2.62. The molecule has 0 bridgehead atoms. The van der Waals surface area contributed by atoms with Gasteiger partial charge in [0.25, 0.3) is 0 Å². The maximum Gasteiger partial charge on any atom is 0.220 e. The fourth-order valence-corrected chi connectivity index (χ4v) is 2.93. The van der Waals surface area contributed by atoms with Gasteiger partial charge in [-0.25, -0.2) is 0 Å². The number of nitrogens with one attached hydrogen (secondary N) is 1. The minimum Gasteiger partial charge on any atom is -0.496 e. The van der Waals surface area contributed by atoms with Crippen LogP contribution >= 0.6 is 0 Å². The molecule has 2 aromatic rings. The molecule has 0 radical (unpaired) electrons. The number of amides is 1. The van der Waals surface area contributed by atoms with Gasteiger partial charge in [-0.3, -0.25) is 9.59 Å². The normalized spacial score (nSPS) is 10.5. The highest BCUT2D eigenvalue weighted by Crippen LogP contribution is 2.19. The van der Waals surface area contributed by atoms with Crippen molar-refractivity contribution >= 4 is 11.7 Å². The van der Waals surface area contributed by atoms with Crippen molar-refractivity contribution in [1.29, 1.82) is 0 Å². The average Bonchev–Trinajstić information content (AvgIpc) is 2.62. The van der Waals surface area contributed by atoms with Gasteiger partial charge in [0.05, 0.1) is 7.11 Å². The maximum atomic E-state index is 12.3. The van der Waals surface area contributed by atoms with E-state index in [1.165, 1.54) is 0 Å². The van der Waals surface area contributed by atoms with E-state index in [4.69, 9.17) is 4.74 Å². The molecule has 0 saturated carbocycles. The van der Waals surface area contributed by atoms with E-state index in [0.717, 1.165) is 28.0 Å². The number of hydrogen-bond donors (Lipinski definition) is 1. The molecule has 4 nitrogen and oxygen atoms in total. The van der Waals surface area contributed by atoms with Gasteiger partial charge in [-0.1, -0.05) is 35.4 Å². The van der Waals surface area contributed by atoms with Gasteiger partial charge in [0.1, 0.15) is 5.75 Å². The highest BCUT2D eigenvalue weighted by molar-refractivity contribution is 5.99. The van der Waals surface area contributed by atoms with E-state index in [-0.39, 0.29) is 24.5 Å². The van der Waals surface area contributed by atoms with Crippen molar-refractivity contribution in [1.82, 2.24) is 5.32 Å². The number of rotatable bonds is 8. The van der Waals surface area contributed by atoms with Gasteiger partial charge in [0, 0.05) is 24.9 Å².